The third-order valence-electron chi connectivity index (χ3n) is 3.29. The molecule has 2 amide bonds. The first kappa shape index (κ1) is 15.1. The standard InChI is InChI=1S/C13H13F3N2O3/c14-8-4-9(15)11(16)10(5-8)17-13(21)18-3-1-2-7(6-18)12(19)20/h4-5,7H,1-3,6H2,(H,17,21)(H,19,20)/t7-/m0/s1. The molecule has 1 fully saturated rings. The number of nitrogens with zero attached hydrogens (tertiary/aromatic N) is 1. The average Bonchev–Trinajstić information content (AvgIpc) is 2.44. The highest BCUT2D eigenvalue weighted by molar-refractivity contribution is 5.90. The van der Waals surface area contributed by atoms with Gasteiger partial charge in [-0.05, 0) is 12.8 Å². The van der Waals surface area contributed by atoms with E-state index in [4.69, 9.17) is 5.11 Å². The van der Waals surface area contributed by atoms with Gasteiger partial charge in [-0.15, -0.1) is 0 Å². The number of anilines is 1. The SMILES string of the molecule is O=C(O)[C@H]1CCCN(C(=O)Nc2cc(F)cc(F)c2F)C1. The number of rotatable bonds is 2. The summed E-state index contributed by atoms with van der Waals surface area (Å²) in [4.78, 5) is 24.0. The average molecular weight is 302 g/mol. The van der Waals surface area contributed by atoms with Crippen LogP contribution >= 0.6 is 0 Å². The molecule has 0 aliphatic carbocycles. The molecule has 2 N–H and O–H groups in total. The van der Waals surface area contributed by atoms with E-state index in [1.54, 1.807) is 0 Å². The van der Waals surface area contributed by atoms with Crippen molar-refractivity contribution < 1.29 is 27.9 Å². The molecule has 1 aliphatic heterocycles. The lowest BCUT2D eigenvalue weighted by atomic mass is 9.99. The maximum absolute atomic E-state index is 13.4. The lowest BCUT2D eigenvalue weighted by Gasteiger charge is -2.30. The molecule has 1 saturated heterocycles. The number of carbonyl (C=O) groups is 2. The summed E-state index contributed by atoms with van der Waals surface area (Å²) in [5.41, 5.74) is -0.616. The number of urea groups is 1. The Balaban J connectivity index is 2.09. The molecule has 1 heterocycles. The molecule has 21 heavy (non-hydrogen) atoms. The maximum atomic E-state index is 13.4. The fourth-order valence-corrected chi connectivity index (χ4v) is 2.20. The van der Waals surface area contributed by atoms with Crippen molar-refractivity contribution in [2.24, 2.45) is 5.92 Å². The second-order valence-corrected chi connectivity index (χ2v) is 4.80. The van der Waals surface area contributed by atoms with Crippen molar-refractivity contribution in [1.29, 1.82) is 0 Å². The monoisotopic (exact) mass is 302 g/mol. The van der Waals surface area contributed by atoms with Gasteiger partial charge in [0.25, 0.3) is 0 Å². The van der Waals surface area contributed by atoms with Gasteiger partial charge >= 0.3 is 12.0 Å². The summed E-state index contributed by atoms with van der Waals surface area (Å²) in [5, 5.41) is 11.0. The minimum atomic E-state index is -1.41. The number of hydrogen-bond donors (Lipinski definition) is 2. The smallest absolute Gasteiger partial charge is 0.321 e. The molecule has 0 spiro atoms. The predicted molar refractivity (Wildman–Crippen MR) is 67.3 cm³/mol. The number of carboxylic acids is 1. The van der Waals surface area contributed by atoms with Crippen LogP contribution in [0.3, 0.4) is 0 Å². The molecular weight excluding hydrogens is 289 g/mol. The zero-order valence-corrected chi connectivity index (χ0v) is 10.9. The third-order valence-corrected chi connectivity index (χ3v) is 3.29. The molecule has 0 aromatic heterocycles. The molecule has 0 saturated carbocycles. The van der Waals surface area contributed by atoms with Crippen LogP contribution in [0.15, 0.2) is 12.1 Å². The molecule has 1 aromatic carbocycles. The Hall–Kier alpha value is -2.25. The number of halogens is 3. The number of carboxylic acid groups (broad SMARTS) is 1. The van der Waals surface area contributed by atoms with Crippen LogP contribution in [0.25, 0.3) is 0 Å². The maximum Gasteiger partial charge on any atom is 0.321 e. The first-order chi connectivity index (χ1) is 9.88. The summed E-state index contributed by atoms with van der Waals surface area (Å²) >= 11 is 0. The number of hydrogen-bond acceptors (Lipinski definition) is 2. The van der Waals surface area contributed by atoms with E-state index in [0.29, 0.717) is 31.5 Å². The van der Waals surface area contributed by atoms with Crippen LogP contribution in [-0.2, 0) is 4.79 Å². The van der Waals surface area contributed by atoms with Crippen LogP contribution in [0.4, 0.5) is 23.7 Å². The van der Waals surface area contributed by atoms with Gasteiger partial charge in [-0.1, -0.05) is 0 Å². The molecule has 0 unspecified atom stereocenters. The van der Waals surface area contributed by atoms with E-state index in [0.717, 1.165) is 0 Å². The van der Waals surface area contributed by atoms with Gasteiger partial charge < -0.3 is 15.3 Å². The van der Waals surface area contributed by atoms with Gasteiger partial charge in [0.1, 0.15) is 5.82 Å². The lowest BCUT2D eigenvalue weighted by Crippen LogP contribution is -2.44. The number of benzene rings is 1. The van der Waals surface area contributed by atoms with Gasteiger partial charge in [-0.25, -0.2) is 18.0 Å². The Kier molecular flexibility index (Phi) is 4.35. The quantitative estimate of drug-likeness (QED) is 0.824. The van der Waals surface area contributed by atoms with Crippen molar-refractivity contribution in [3.63, 3.8) is 0 Å². The Morgan fingerprint density at radius 3 is 2.67 bits per heavy atom. The highest BCUT2D eigenvalue weighted by Gasteiger charge is 2.28. The summed E-state index contributed by atoms with van der Waals surface area (Å²) in [6.07, 6.45) is 0.937. The van der Waals surface area contributed by atoms with Crippen molar-refractivity contribution in [2.75, 3.05) is 18.4 Å². The van der Waals surface area contributed by atoms with E-state index in [9.17, 15) is 22.8 Å². The fourth-order valence-electron chi connectivity index (χ4n) is 2.20. The molecule has 1 atom stereocenters. The second-order valence-electron chi connectivity index (χ2n) is 4.80. The lowest BCUT2D eigenvalue weighted by molar-refractivity contribution is -0.143. The molecule has 5 nitrogen and oxygen atoms in total. The third kappa shape index (κ3) is 3.45. The summed E-state index contributed by atoms with van der Waals surface area (Å²) < 4.78 is 39.5. The molecule has 1 aliphatic rings. The van der Waals surface area contributed by atoms with Crippen LogP contribution < -0.4 is 5.32 Å². The van der Waals surface area contributed by atoms with Crippen LogP contribution in [0.5, 0.6) is 0 Å². The molecule has 114 valence electrons. The predicted octanol–water partition coefficient (Wildman–Crippen LogP) is 2.43. The minimum absolute atomic E-state index is 0.0272. The van der Waals surface area contributed by atoms with Gasteiger partial charge in [0.15, 0.2) is 11.6 Å². The van der Waals surface area contributed by atoms with Crippen molar-refractivity contribution >= 4 is 17.7 Å². The zero-order chi connectivity index (χ0) is 15.6. The normalized spacial score (nSPS) is 18.4. The fraction of sp³-hybridized carbons (Fsp3) is 0.385. The molecular formula is C13H13F3N2O3. The Bertz CT molecular complexity index is 580. The van der Waals surface area contributed by atoms with E-state index < -0.39 is 41.1 Å². The summed E-state index contributed by atoms with van der Waals surface area (Å²) in [7, 11) is 0. The van der Waals surface area contributed by atoms with E-state index in [1.807, 2.05) is 0 Å². The molecule has 2 rings (SSSR count). The summed E-state index contributed by atoms with van der Waals surface area (Å²) in [6, 6.07) is 0.242. The zero-order valence-electron chi connectivity index (χ0n) is 10.9. The summed E-state index contributed by atoms with van der Waals surface area (Å²) in [6.45, 7) is 0.273. The second kappa shape index (κ2) is 6.02. The van der Waals surface area contributed by atoms with Gasteiger partial charge in [0, 0.05) is 25.2 Å². The van der Waals surface area contributed by atoms with Crippen molar-refractivity contribution in [1.82, 2.24) is 4.90 Å². The van der Waals surface area contributed by atoms with Crippen molar-refractivity contribution in [2.45, 2.75) is 12.8 Å². The Morgan fingerprint density at radius 2 is 2.00 bits per heavy atom. The van der Waals surface area contributed by atoms with Crippen molar-refractivity contribution in [3.05, 3.63) is 29.6 Å². The van der Waals surface area contributed by atoms with Crippen LogP contribution in [0.2, 0.25) is 0 Å². The van der Waals surface area contributed by atoms with Gasteiger partial charge in [-0.2, -0.15) is 0 Å². The highest BCUT2D eigenvalue weighted by Crippen LogP contribution is 2.21. The number of likely N-dealkylation sites (tertiary alicyclic amines) is 1. The van der Waals surface area contributed by atoms with Crippen LogP contribution in [0, 0.1) is 23.4 Å². The van der Waals surface area contributed by atoms with E-state index in [-0.39, 0.29) is 6.54 Å². The van der Waals surface area contributed by atoms with E-state index in [1.165, 1.54) is 4.90 Å². The first-order valence-electron chi connectivity index (χ1n) is 6.31. The van der Waals surface area contributed by atoms with Crippen molar-refractivity contribution in [3.8, 4) is 0 Å². The molecule has 0 bridgehead atoms. The molecule has 1 aromatic rings. The molecule has 8 heteroatoms. The first-order valence-corrected chi connectivity index (χ1v) is 6.31. The number of aliphatic carboxylic acids is 1. The topological polar surface area (TPSA) is 69.6 Å². The largest absolute Gasteiger partial charge is 0.481 e. The summed E-state index contributed by atoms with van der Waals surface area (Å²) in [5.74, 6) is -5.51. The van der Waals surface area contributed by atoms with Gasteiger partial charge in [0.2, 0.25) is 0 Å². The number of piperidine rings is 1. The Labute approximate surface area is 118 Å². The van der Waals surface area contributed by atoms with Crippen LogP contribution in [0.1, 0.15) is 12.8 Å². The van der Waals surface area contributed by atoms with Crippen LogP contribution in [-0.4, -0.2) is 35.1 Å². The number of carbonyl (C=O) groups excluding carboxylic acids is 1. The van der Waals surface area contributed by atoms with Gasteiger partial charge in [0.05, 0.1) is 11.6 Å². The highest BCUT2D eigenvalue weighted by atomic mass is 19.2. The van der Waals surface area contributed by atoms with E-state index >= 15 is 0 Å². The Morgan fingerprint density at radius 1 is 1.29 bits per heavy atom. The minimum Gasteiger partial charge on any atom is -0.481 e. The number of amides is 2. The number of nitrogens with one attached hydrogen (secondary N) is 1. The van der Waals surface area contributed by atoms with Gasteiger partial charge in [-0.3, -0.25) is 4.79 Å². The van der Waals surface area contributed by atoms with E-state index in [2.05, 4.69) is 5.32 Å². The molecule has 0 radical (unpaired) electrons.